The molecule has 2 fully saturated rings. The maximum Gasteiger partial charge on any atom is 0.410 e. The van der Waals surface area contributed by atoms with Crippen LogP contribution in [0.25, 0.3) is 0 Å². The van der Waals surface area contributed by atoms with Crippen LogP contribution < -0.4 is 0 Å². The van der Waals surface area contributed by atoms with E-state index >= 15 is 0 Å². The molecule has 0 spiro atoms. The molecule has 0 radical (unpaired) electrons. The number of carboxylic acids is 1. The van der Waals surface area contributed by atoms with Gasteiger partial charge >= 0.3 is 12.1 Å². The first-order valence-corrected chi connectivity index (χ1v) is 8.13. The summed E-state index contributed by atoms with van der Waals surface area (Å²) in [6.45, 7) is 7.81. The number of hydrogen-bond acceptors (Lipinski definition) is 5. The van der Waals surface area contributed by atoms with Crippen molar-refractivity contribution in [3.8, 4) is 0 Å². The summed E-state index contributed by atoms with van der Waals surface area (Å²) in [6, 6.07) is 0. The van der Waals surface area contributed by atoms with Crippen LogP contribution in [-0.2, 0) is 14.3 Å². The van der Waals surface area contributed by atoms with Crippen molar-refractivity contribution in [2.75, 3.05) is 33.3 Å². The van der Waals surface area contributed by atoms with Crippen LogP contribution in [0, 0.1) is 0 Å². The summed E-state index contributed by atoms with van der Waals surface area (Å²) in [6.07, 6.45) is 1.75. The number of hydrogen-bond donors (Lipinski definition) is 1. The molecule has 0 aromatic rings. The summed E-state index contributed by atoms with van der Waals surface area (Å²) in [5, 5.41) is 9.29. The summed E-state index contributed by atoms with van der Waals surface area (Å²) in [5.74, 6) is -0.839. The molecule has 0 aliphatic carbocycles. The predicted molar refractivity (Wildman–Crippen MR) is 84.4 cm³/mol. The first kappa shape index (κ1) is 18.0. The van der Waals surface area contributed by atoms with E-state index in [2.05, 4.69) is 4.90 Å². The van der Waals surface area contributed by atoms with Crippen LogP contribution >= 0.6 is 0 Å². The smallest absolute Gasteiger partial charge is 0.410 e. The van der Waals surface area contributed by atoms with Crippen molar-refractivity contribution >= 4 is 12.1 Å². The minimum Gasteiger partial charge on any atom is -0.481 e. The Labute approximate surface area is 137 Å². The standard InChI is InChI=1S/C16H28N2O5/c1-15(2,3)23-14(21)17-10-16(11-17,8-13(19)20)18-7-5-6-12(9-18)22-4/h12H,5-11H2,1-4H3,(H,19,20). The first-order chi connectivity index (χ1) is 10.6. The maximum atomic E-state index is 12.1. The van der Waals surface area contributed by atoms with Crippen LogP contribution in [0.5, 0.6) is 0 Å². The van der Waals surface area contributed by atoms with Gasteiger partial charge in [0.15, 0.2) is 0 Å². The Morgan fingerprint density at radius 3 is 2.48 bits per heavy atom. The number of carbonyl (C=O) groups excluding carboxylic acids is 1. The van der Waals surface area contributed by atoms with Gasteiger partial charge in [0.05, 0.1) is 18.1 Å². The molecule has 0 aromatic carbocycles. The van der Waals surface area contributed by atoms with Gasteiger partial charge in [-0.15, -0.1) is 0 Å². The number of methoxy groups -OCH3 is 1. The molecule has 0 saturated carbocycles. The lowest BCUT2D eigenvalue weighted by molar-refractivity contribution is -0.148. The minimum atomic E-state index is -0.839. The van der Waals surface area contributed by atoms with Crippen LogP contribution in [-0.4, -0.2) is 77.5 Å². The average Bonchev–Trinajstić information content (AvgIpc) is 2.40. The minimum absolute atomic E-state index is 0.0305. The molecule has 2 heterocycles. The normalized spacial score (nSPS) is 24.9. The largest absolute Gasteiger partial charge is 0.481 e. The summed E-state index contributed by atoms with van der Waals surface area (Å²) < 4.78 is 10.8. The second-order valence-corrected chi connectivity index (χ2v) is 7.58. The van der Waals surface area contributed by atoms with Gasteiger partial charge < -0.3 is 19.5 Å². The third kappa shape index (κ3) is 4.35. The van der Waals surface area contributed by atoms with Gasteiger partial charge in [0, 0.05) is 26.7 Å². The van der Waals surface area contributed by atoms with Crippen molar-refractivity contribution in [3.63, 3.8) is 0 Å². The molecule has 1 N–H and O–H groups in total. The Balaban J connectivity index is 2.03. The molecule has 7 heteroatoms. The molecular weight excluding hydrogens is 300 g/mol. The lowest BCUT2D eigenvalue weighted by Crippen LogP contribution is -2.73. The lowest BCUT2D eigenvalue weighted by Gasteiger charge is -2.56. The van der Waals surface area contributed by atoms with E-state index in [0.717, 1.165) is 19.4 Å². The fraction of sp³-hybridized carbons (Fsp3) is 0.875. The SMILES string of the molecule is COC1CCCN(C2(CC(=O)O)CN(C(=O)OC(C)(C)C)C2)C1. The van der Waals surface area contributed by atoms with Crippen LogP contribution in [0.4, 0.5) is 4.79 Å². The van der Waals surface area contributed by atoms with E-state index in [0.29, 0.717) is 19.6 Å². The van der Waals surface area contributed by atoms with Crippen LogP contribution in [0.1, 0.15) is 40.0 Å². The van der Waals surface area contributed by atoms with Crippen LogP contribution in [0.15, 0.2) is 0 Å². The van der Waals surface area contributed by atoms with Crippen molar-refractivity contribution in [2.24, 2.45) is 0 Å². The maximum absolute atomic E-state index is 12.1. The number of nitrogens with zero attached hydrogens (tertiary/aromatic N) is 2. The molecular formula is C16H28N2O5. The van der Waals surface area contributed by atoms with Crippen molar-refractivity contribution in [2.45, 2.75) is 57.3 Å². The van der Waals surface area contributed by atoms with E-state index in [1.165, 1.54) is 0 Å². The molecule has 1 atom stereocenters. The Bertz CT molecular complexity index is 454. The Morgan fingerprint density at radius 1 is 1.30 bits per heavy atom. The van der Waals surface area contributed by atoms with E-state index in [4.69, 9.17) is 9.47 Å². The molecule has 23 heavy (non-hydrogen) atoms. The number of aliphatic carboxylic acids is 1. The monoisotopic (exact) mass is 328 g/mol. The fourth-order valence-corrected chi connectivity index (χ4v) is 3.39. The molecule has 0 bridgehead atoms. The predicted octanol–water partition coefficient (Wildman–Crippen LogP) is 1.56. The number of rotatable bonds is 4. The van der Waals surface area contributed by atoms with E-state index in [-0.39, 0.29) is 18.6 Å². The van der Waals surface area contributed by atoms with Gasteiger partial charge in [0.1, 0.15) is 5.60 Å². The highest BCUT2D eigenvalue weighted by Crippen LogP contribution is 2.35. The highest BCUT2D eigenvalue weighted by atomic mass is 16.6. The number of carbonyl (C=O) groups is 2. The Hall–Kier alpha value is -1.34. The summed E-state index contributed by atoms with van der Waals surface area (Å²) in [4.78, 5) is 27.2. The molecule has 1 amide bonds. The first-order valence-electron chi connectivity index (χ1n) is 8.13. The third-order valence-corrected chi connectivity index (χ3v) is 4.48. The second kappa shape index (κ2) is 6.65. The van der Waals surface area contributed by atoms with Gasteiger partial charge in [-0.05, 0) is 40.2 Å². The van der Waals surface area contributed by atoms with Crippen molar-refractivity contribution in [1.29, 1.82) is 0 Å². The molecule has 132 valence electrons. The van der Waals surface area contributed by atoms with Crippen LogP contribution in [0.3, 0.4) is 0 Å². The summed E-state index contributed by atoms with van der Waals surface area (Å²) >= 11 is 0. The van der Waals surface area contributed by atoms with Gasteiger partial charge in [0.25, 0.3) is 0 Å². The molecule has 0 aromatic heterocycles. The van der Waals surface area contributed by atoms with E-state index in [9.17, 15) is 14.7 Å². The van der Waals surface area contributed by atoms with Gasteiger partial charge in [-0.2, -0.15) is 0 Å². The van der Waals surface area contributed by atoms with Gasteiger partial charge in [-0.1, -0.05) is 0 Å². The van der Waals surface area contributed by atoms with Crippen molar-refractivity contribution in [1.82, 2.24) is 9.80 Å². The number of likely N-dealkylation sites (tertiary alicyclic amines) is 2. The number of piperidine rings is 1. The summed E-state index contributed by atoms with van der Waals surface area (Å²) in [7, 11) is 1.69. The molecule has 2 rings (SSSR count). The zero-order valence-corrected chi connectivity index (χ0v) is 14.5. The molecule has 2 saturated heterocycles. The quantitative estimate of drug-likeness (QED) is 0.844. The molecule has 7 nitrogen and oxygen atoms in total. The van der Waals surface area contributed by atoms with E-state index in [1.54, 1.807) is 12.0 Å². The molecule has 2 aliphatic rings. The molecule has 1 unspecified atom stereocenters. The fourth-order valence-electron chi connectivity index (χ4n) is 3.39. The van der Waals surface area contributed by atoms with E-state index < -0.39 is 17.1 Å². The summed E-state index contributed by atoms with van der Waals surface area (Å²) in [5.41, 5.74) is -1.05. The number of carboxylic acid groups (broad SMARTS) is 1. The Kier molecular flexibility index (Phi) is 5.20. The van der Waals surface area contributed by atoms with Crippen molar-refractivity contribution < 1.29 is 24.2 Å². The highest BCUT2D eigenvalue weighted by Gasteiger charge is 2.52. The Morgan fingerprint density at radius 2 is 1.96 bits per heavy atom. The van der Waals surface area contributed by atoms with Crippen molar-refractivity contribution in [3.05, 3.63) is 0 Å². The third-order valence-electron chi connectivity index (χ3n) is 4.48. The molecule has 2 aliphatic heterocycles. The van der Waals surface area contributed by atoms with Crippen LogP contribution in [0.2, 0.25) is 0 Å². The topological polar surface area (TPSA) is 79.3 Å². The zero-order valence-electron chi connectivity index (χ0n) is 14.5. The number of ether oxygens (including phenoxy) is 2. The van der Waals surface area contributed by atoms with E-state index in [1.807, 2.05) is 20.8 Å². The highest BCUT2D eigenvalue weighted by molar-refractivity contribution is 5.73. The second-order valence-electron chi connectivity index (χ2n) is 7.58. The number of amides is 1. The lowest BCUT2D eigenvalue weighted by atomic mass is 9.82. The van der Waals surface area contributed by atoms with Gasteiger partial charge in [-0.25, -0.2) is 4.79 Å². The van der Waals surface area contributed by atoms with Gasteiger partial charge in [-0.3, -0.25) is 9.69 Å². The average molecular weight is 328 g/mol. The zero-order chi connectivity index (χ0) is 17.3. The van der Waals surface area contributed by atoms with Gasteiger partial charge in [0.2, 0.25) is 0 Å².